The van der Waals surface area contributed by atoms with E-state index in [-0.39, 0.29) is 11.8 Å². The van der Waals surface area contributed by atoms with Crippen LogP contribution in [0.5, 0.6) is 5.75 Å². The Kier molecular flexibility index (Phi) is 7.68. The van der Waals surface area contributed by atoms with E-state index in [2.05, 4.69) is 5.32 Å². The molecule has 6 heteroatoms. The van der Waals surface area contributed by atoms with Gasteiger partial charge in [0.2, 0.25) is 11.8 Å². The van der Waals surface area contributed by atoms with Gasteiger partial charge in [0.25, 0.3) is 0 Å². The zero-order valence-corrected chi connectivity index (χ0v) is 13.5. The van der Waals surface area contributed by atoms with Crippen molar-refractivity contribution in [3.63, 3.8) is 0 Å². The van der Waals surface area contributed by atoms with Crippen LogP contribution >= 0.6 is 11.8 Å². The fraction of sp³-hybridized carbons (Fsp3) is 0.467. The summed E-state index contributed by atoms with van der Waals surface area (Å²) in [6, 6.07) is 7.63. The molecule has 5 nitrogen and oxygen atoms in total. The minimum absolute atomic E-state index is 0.0426. The number of carbonyl (C=O) groups excluding carboxylic acids is 2. The van der Waals surface area contributed by atoms with Crippen molar-refractivity contribution in [1.82, 2.24) is 10.2 Å². The van der Waals surface area contributed by atoms with E-state index < -0.39 is 0 Å². The second-order valence-electron chi connectivity index (χ2n) is 4.62. The fourth-order valence-electron chi connectivity index (χ4n) is 1.63. The van der Waals surface area contributed by atoms with Crippen LogP contribution in [0.25, 0.3) is 0 Å². The van der Waals surface area contributed by atoms with Gasteiger partial charge in [0.15, 0.2) is 0 Å². The van der Waals surface area contributed by atoms with Crippen LogP contribution in [0, 0.1) is 0 Å². The third-order valence-electron chi connectivity index (χ3n) is 2.89. The van der Waals surface area contributed by atoms with E-state index in [0.717, 1.165) is 17.1 Å². The van der Waals surface area contributed by atoms with Gasteiger partial charge in [-0.05, 0) is 30.7 Å². The Balaban J connectivity index is 2.26. The summed E-state index contributed by atoms with van der Waals surface area (Å²) >= 11 is 1.50. The molecule has 0 unspecified atom stereocenters. The van der Waals surface area contributed by atoms with Crippen molar-refractivity contribution in [2.45, 2.75) is 18.2 Å². The third-order valence-corrected chi connectivity index (χ3v) is 3.89. The quantitative estimate of drug-likeness (QED) is 0.587. The number of hydrogen-bond donors (Lipinski definition) is 1. The maximum atomic E-state index is 12.0. The molecular formula is C15H22N2O3S. The van der Waals surface area contributed by atoms with Crippen molar-refractivity contribution in [2.75, 3.05) is 33.0 Å². The zero-order valence-electron chi connectivity index (χ0n) is 12.7. The monoisotopic (exact) mass is 310 g/mol. The highest BCUT2D eigenvalue weighted by atomic mass is 32.2. The summed E-state index contributed by atoms with van der Waals surface area (Å²) < 4.78 is 5.09. The van der Waals surface area contributed by atoms with Gasteiger partial charge in [0.05, 0.1) is 12.9 Å². The number of hydrogen-bond acceptors (Lipinski definition) is 4. The highest BCUT2D eigenvalue weighted by Gasteiger charge is 2.09. The maximum Gasteiger partial charge on any atom is 0.232 e. The van der Waals surface area contributed by atoms with E-state index in [9.17, 15) is 9.59 Å². The van der Waals surface area contributed by atoms with Gasteiger partial charge in [-0.2, -0.15) is 0 Å². The van der Waals surface area contributed by atoms with Gasteiger partial charge in [-0.1, -0.05) is 0 Å². The van der Waals surface area contributed by atoms with Crippen LogP contribution in [0.4, 0.5) is 0 Å². The number of carbonyl (C=O) groups is 2. The summed E-state index contributed by atoms with van der Waals surface area (Å²) in [6.07, 6.45) is 0.759. The summed E-state index contributed by atoms with van der Waals surface area (Å²) in [7, 11) is 3.41. The van der Waals surface area contributed by atoms with Crippen LogP contribution in [0.2, 0.25) is 0 Å². The van der Waals surface area contributed by atoms with Crippen LogP contribution < -0.4 is 10.1 Å². The van der Waals surface area contributed by atoms with Crippen LogP contribution in [0.1, 0.15) is 13.3 Å². The third kappa shape index (κ3) is 7.04. The van der Waals surface area contributed by atoms with Crippen LogP contribution in [0.3, 0.4) is 0 Å². The number of amides is 2. The van der Waals surface area contributed by atoms with Crippen molar-refractivity contribution in [3.8, 4) is 5.75 Å². The molecule has 2 amide bonds. The Labute approximate surface area is 130 Å². The van der Waals surface area contributed by atoms with E-state index in [1.165, 1.54) is 18.7 Å². The van der Waals surface area contributed by atoms with Gasteiger partial charge in [-0.3, -0.25) is 9.59 Å². The zero-order chi connectivity index (χ0) is 15.7. The molecule has 1 N–H and O–H groups in total. The second kappa shape index (κ2) is 9.28. The first-order valence-electron chi connectivity index (χ1n) is 6.78. The van der Waals surface area contributed by atoms with Gasteiger partial charge in [-0.15, -0.1) is 11.8 Å². The minimum Gasteiger partial charge on any atom is -0.497 e. The Morgan fingerprint density at radius 1 is 1.29 bits per heavy atom. The molecule has 0 spiro atoms. The number of ether oxygens (including phenoxy) is 1. The van der Waals surface area contributed by atoms with Gasteiger partial charge < -0.3 is 15.0 Å². The number of nitrogens with one attached hydrogen (secondary N) is 1. The Morgan fingerprint density at radius 3 is 2.52 bits per heavy atom. The van der Waals surface area contributed by atoms with Gasteiger partial charge >= 0.3 is 0 Å². The molecule has 116 valence electrons. The molecule has 0 saturated heterocycles. The van der Waals surface area contributed by atoms with Crippen molar-refractivity contribution in [3.05, 3.63) is 24.3 Å². The maximum absolute atomic E-state index is 12.0. The van der Waals surface area contributed by atoms with Crippen molar-refractivity contribution < 1.29 is 14.3 Å². The predicted molar refractivity (Wildman–Crippen MR) is 84.7 cm³/mol. The van der Waals surface area contributed by atoms with Gasteiger partial charge in [0, 0.05) is 32.0 Å². The molecule has 0 aliphatic carbocycles. The summed E-state index contributed by atoms with van der Waals surface area (Å²) in [5.74, 6) is 1.25. The molecule has 1 aromatic rings. The largest absolute Gasteiger partial charge is 0.497 e. The number of benzene rings is 1. The fourth-order valence-corrected chi connectivity index (χ4v) is 2.47. The highest BCUT2D eigenvalue weighted by molar-refractivity contribution is 8.00. The molecule has 21 heavy (non-hydrogen) atoms. The average molecular weight is 310 g/mol. The summed E-state index contributed by atoms with van der Waals surface area (Å²) in [4.78, 5) is 25.4. The van der Waals surface area contributed by atoms with E-state index in [4.69, 9.17) is 4.74 Å². The molecule has 0 aliphatic rings. The van der Waals surface area contributed by atoms with E-state index >= 15 is 0 Å². The second-order valence-corrected chi connectivity index (χ2v) is 5.66. The lowest BCUT2D eigenvalue weighted by Gasteiger charge is -2.17. The highest BCUT2D eigenvalue weighted by Crippen LogP contribution is 2.21. The molecule has 1 rings (SSSR count). The number of methoxy groups -OCH3 is 1. The molecule has 0 saturated carbocycles. The molecule has 0 atom stereocenters. The number of rotatable bonds is 8. The SMILES string of the molecule is COc1ccc(SCC(=O)N(C)CCCNC(C)=O)cc1. The Hall–Kier alpha value is -1.69. The summed E-state index contributed by atoms with van der Waals surface area (Å²) in [6.45, 7) is 2.72. The topological polar surface area (TPSA) is 58.6 Å². The lowest BCUT2D eigenvalue weighted by Crippen LogP contribution is -2.31. The molecule has 0 radical (unpaired) electrons. The molecule has 0 aliphatic heterocycles. The minimum atomic E-state index is -0.0426. The first-order valence-corrected chi connectivity index (χ1v) is 7.76. The van der Waals surface area contributed by atoms with Crippen LogP contribution in [-0.2, 0) is 9.59 Å². The molecule has 0 aromatic heterocycles. The van der Waals surface area contributed by atoms with Gasteiger partial charge in [0.1, 0.15) is 5.75 Å². The molecule has 0 fully saturated rings. The standard InChI is InChI=1S/C15H22N2O3S/c1-12(18)16-9-4-10-17(2)15(19)11-21-14-7-5-13(20-3)6-8-14/h5-8H,4,9-11H2,1-3H3,(H,16,18). The summed E-state index contributed by atoms with van der Waals surface area (Å²) in [5, 5.41) is 2.71. The summed E-state index contributed by atoms with van der Waals surface area (Å²) in [5.41, 5.74) is 0. The lowest BCUT2D eigenvalue weighted by molar-refractivity contribution is -0.127. The normalized spacial score (nSPS) is 10.0. The van der Waals surface area contributed by atoms with Crippen molar-refractivity contribution >= 4 is 23.6 Å². The van der Waals surface area contributed by atoms with Crippen LogP contribution in [-0.4, -0.2) is 49.7 Å². The molecule has 0 heterocycles. The van der Waals surface area contributed by atoms with Crippen molar-refractivity contribution in [1.29, 1.82) is 0 Å². The Bertz CT molecular complexity index is 462. The molecule has 0 bridgehead atoms. The van der Waals surface area contributed by atoms with Crippen molar-refractivity contribution in [2.24, 2.45) is 0 Å². The van der Waals surface area contributed by atoms with Gasteiger partial charge in [-0.25, -0.2) is 0 Å². The number of nitrogens with zero attached hydrogens (tertiary/aromatic N) is 1. The first kappa shape index (κ1) is 17.4. The number of thioether (sulfide) groups is 1. The molecule has 1 aromatic carbocycles. The predicted octanol–water partition coefficient (Wildman–Crippen LogP) is 1.77. The molecular weight excluding hydrogens is 288 g/mol. The Morgan fingerprint density at radius 2 is 1.95 bits per heavy atom. The lowest BCUT2D eigenvalue weighted by atomic mass is 10.3. The van der Waals surface area contributed by atoms with E-state index in [0.29, 0.717) is 18.8 Å². The van der Waals surface area contributed by atoms with E-state index in [1.807, 2.05) is 24.3 Å². The first-order chi connectivity index (χ1) is 10.0. The van der Waals surface area contributed by atoms with E-state index in [1.54, 1.807) is 19.1 Å². The smallest absolute Gasteiger partial charge is 0.232 e. The average Bonchev–Trinajstić information content (AvgIpc) is 2.49. The van der Waals surface area contributed by atoms with Crippen LogP contribution in [0.15, 0.2) is 29.2 Å².